The molecule has 2 rings (SSSR count). The van der Waals surface area contributed by atoms with E-state index >= 15 is 0 Å². The van der Waals surface area contributed by atoms with Crippen LogP contribution in [0.4, 0.5) is 0 Å². The van der Waals surface area contributed by atoms with Crippen LogP contribution in [0.5, 0.6) is 0 Å². The van der Waals surface area contributed by atoms with Crippen LogP contribution in [-0.4, -0.2) is 11.2 Å². The van der Waals surface area contributed by atoms with Crippen molar-refractivity contribution >= 4 is 0 Å². The molecule has 0 amide bonds. The zero-order valence-corrected chi connectivity index (χ0v) is 10.6. The monoisotopic (exact) mass is 220 g/mol. The van der Waals surface area contributed by atoms with Gasteiger partial charge in [-0.2, -0.15) is 0 Å². The van der Waals surface area contributed by atoms with E-state index in [4.69, 9.17) is 0 Å². The molecule has 0 aromatic carbocycles. The Bertz CT molecular complexity index is 317. The summed E-state index contributed by atoms with van der Waals surface area (Å²) in [5, 5.41) is 10.3. The number of hydrogen-bond acceptors (Lipinski definition) is 1. The van der Waals surface area contributed by atoms with E-state index < -0.39 is 0 Å². The van der Waals surface area contributed by atoms with Crippen molar-refractivity contribution in [3.05, 3.63) is 24.3 Å². The average Bonchev–Trinajstić information content (AvgIpc) is 2.22. The highest BCUT2D eigenvalue weighted by Gasteiger charge is 2.48. The predicted octanol–water partition coefficient (Wildman–Crippen LogP) is 3.70. The molecule has 16 heavy (non-hydrogen) atoms. The highest BCUT2D eigenvalue weighted by Crippen LogP contribution is 2.54. The maximum atomic E-state index is 10.3. The SMILES string of the molecule is C=C(C)[C@H]1CC(=C)[C@@]2(C)[C@H](CCC[C@@H]2O)C1. The van der Waals surface area contributed by atoms with Gasteiger partial charge in [-0.1, -0.05) is 37.6 Å². The Morgan fingerprint density at radius 3 is 2.75 bits per heavy atom. The zero-order chi connectivity index (χ0) is 11.9. The highest BCUT2D eigenvalue weighted by atomic mass is 16.3. The summed E-state index contributed by atoms with van der Waals surface area (Å²) >= 11 is 0. The van der Waals surface area contributed by atoms with Crippen LogP contribution in [0.25, 0.3) is 0 Å². The molecule has 1 N–H and O–H groups in total. The largest absolute Gasteiger partial charge is 0.392 e. The summed E-state index contributed by atoms with van der Waals surface area (Å²) in [5.74, 6) is 1.20. The molecule has 0 aromatic rings. The normalized spacial score (nSPS) is 43.9. The second-order valence-electron chi connectivity index (χ2n) is 6.01. The van der Waals surface area contributed by atoms with Crippen molar-refractivity contribution in [1.29, 1.82) is 0 Å². The van der Waals surface area contributed by atoms with E-state index in [1.807, 2.05) is 0 Å². The standard InChI is InChI=1S/C15H24O/c1-10(2)12-8-11(3)15(4)13(9-12)6-5-7-14(15)16/h12-14,16H,1,3,5-9H2,2,4H3/t12-,13+,14-,15-/m0/s1. The number of rotatable bonds is 1. The van der Waals surface area contributed by atoms with E-state index in [0.29, 0.717) is 11.8 Å². The number of fused-ring (bicyclic) bond motifs is 1. The van der Waals surface area contributed by atoms with E-state index in [1.165, 1.54) is 24.0 Å². The van der Waals surface area contributed by atoms with Crippen molar-refractivity contribution < 1.29 is 5.11 Å². The molecule has 4 atom stereocenters. The maximum Gasteiger partial charge on any atom is 0.0633 e. The molecule has 0 saturated heterocycles. The number of aliphatic hydroxyl groups excluding tert-OH is 1. The molecule has 0 unspecified atom stereocenters. The van der Waals surface area contributed by atoms with Crippen LogP contribution in [-0.2, 0) is 0 Å². The summed E-state index contributed by atoms with van der Waals surface area (Å²) < 4.78 is 0. The smallest absolute Gasteiger partial charge is 0.0633 e. The van der Waals surface area contributed by atoms with Crippen LogP contribution in [0.2, 0.25) is 0 Å². The Kier molecular flexibility index (Phi) is 3.00. The molecule has 1 heteroatoms. The third-order valence-corrected chi connectivity index (χ3v) is 5.09. The summed E-state index contributed by atoms with van der Waals surface area (Å²) in [6, 6.07) is 0. The molecule has 2 fully saturated rings. The fourth-order valence-electron chi connectivity index (χ4n) is 3.64. The number of hydrogen-bond donors (Lipinski definition) is 1. The lowest BCUT2D eigenvalue weighted by Crippen LogP contribution is -2.47. The van der Waals surface area contributed by atoms with E-state index in [9.17, 15) is 5.11 Å². The first kappa shape index (κ1) is 11.9. The van der Waals surface area contributed by atoms with Crippen molar-refractivity contribution in [2.75, 3.05) is 0 Å². The van der Waals surface area contributed by atoms with Crippen LogP contribution >= 0.6 is 0 Å². The summed E-state index contributed by atoms with van der Waals surface area (Å²) in [7, 11) is 0. The number of allylic oxidation sites excluding steroid dienone is 1. The van der Waals surface area contributed by atoms with Crippen molar-refractivity contribution in [3.63, 3.8) is 0 Å². The lowest BCUT2D eigenvalue weighted by Gasteiger charge is -2.52. The van der Waals surface area contributed by atoms with Gasteiger partial charge in [0.1, 0.15) is 0 Å². The summed E-state index contributed by atoms with van der Waals surface area (Å²) in [6.45, 7) is 12.7. The topological polar surface area (TPSA) is 20.2 Å². The molecule has 2 saturated carbocycles. The van der Waals surface area contributed by atoms with Crippen LogP contribution in [0.15, 0.2) is 24.3 Å². The van der Waals surface area contributed by atoms with Gasteiger partial charge >= 0.3 is 0 Å². The Morgan fingerprint density at radius 2 is 2.12 bits per heavy atom. The maximum absolute atomic E-state index is 10.3. The Morgan fingerprint density at radius 1 is 1.44 bits per heavy atom. The van der Waals surface area contributed by atoms with Gasteiger partial charge in [0.25, 0.3) is 0 Å². The van der Waals surface area contributed by atoms with Crippen LogP contribution in [0, 0.1) is 17.3 Å². The fourth-order valence-corrected chi connectivity index (χ4v) is 3.64. The van der Waals surface area contributed by atoms with Crippen molar-refractivity contribution in [1.82, 2.24) is 0 Å². The molecule has 0 aliphatic heterocycles. The summed E-state index contributed by atoms with van der Waals surface area (Å²) in [4.78, 5) is 0. The Hall–Kier alpha value is -0.560. The first-order valence-corrected chi connectivity index (χ1v) is 6.48. The van der Waals surface area contributed by atoms with Crippen LogP contribution < -0.4 is 0 Å². The molecule has 1 nitrogen and oxygen atoms in total. The molecule has 0 spiro atoms. The van der Waals surface area contributed by atoms with E-state index in [-0.39, 0.29) is 11.5 Å². The average molecular weight is 220 g/mol. The van der Waals surface area contributed by atoms with Gasteiger partial charge in [-0.15, -0.1) is 0 Å². The second-order valence-corrected chi connectivity index (χ2v) is 6.01. The molecule has 2 aliphatic carbocycles. The lowest BCUT2D eigenvalue weighted by molar-refractivity contribution is -0.0377. The minimum absolute atomic E-state index is 0.0236. The Balaban J connectivity index is 2.25. The van der Waals surface area contributed by atoms with Gasteiger partial charge < -0.3 is 5.11 Å². The van der Waals surface area contributed by atoms with Gasteiger partial charge in [0, 0.05) is 5.41 Å². The molecule has 0 bridgehead atoms. The van der Waals surface area contributed by atoms with Gasteiger partial charge in [-0.25, -0.2) is 0 Å². The van der Waals surface area contributed by atoms with Gasteiger partial charge in [0.05, 0.1) is 6.10 Å². The predicted molar refractivity (Wildman–Crippen MR) is 68.1 cm³/mol. The van der Waals surface area contributed by atoms with E-state index in [1.54, 1.807) is 0 Å². The number of aliphatic hydroxyl groups is 1. The van der Waals surface area contributed by atoms with Gasteiger partial charge in [-0.3, -0.25) is 0 Å². The second kappa shape index (κ2) is 4.03. The van der Waals surface area contributed by atoms with E-state index in [0.717, 1.165) is 19.3 Å². The van der Waals surface area contributed by atoms with Gasteiger partial charge in [0.2, 0.25) is 0 Å². The molecule has 0 radical (unpaired) electrons. The zero-order valence-electron chi connectivity index (χ0n) is 10.6. The molecular weight excluding hydrogens is 196 g/mol. The lowest BCUT2D eigenvalue weighted by atomic mass is 9.54. The third kappa shape index (κ3) is 1.66. The minimum Gasteiger partial charge on any atom is -0.392 e. The quantitative estimate of drug-likeness (QED) is 0.668. The molecule has 0 aromatic heterocycles. The Labute approximate surface area is 99.3 Å². The minimum atomic E-state index is -0.176. The van der Waals surface area contributed by atoms with Crippen molar-refractivity contribution in [2.45, 2.75) is 52.1 Å². The molecule has 0 heterocycles. The molecular formula is C15H24O. The van der Waals surface area contributed by atoms with Crippen molar-refractivity contribution in [2.24, 2.45) is 17.3 Å². The van der Waals surface area contributed by atoms with Crippen LogP contribution in [0.3, 0.4) is 0 Å². The van der Waals surface area contributed by atoms with Crippen molar-refractivity contribution in [3.8, 4) is 0 Å². The fraction of sp³-hybridized carbons (Fsp3) is 0.733. The first-order valence-electron chi connectivity index (χ1n) is 6.48. The van der Waals surface area contributed by atoms with Gasteiger partial charge in [-0.05, 0) is 44.4 Å². The van der Waals surface area contributed by atoms with Gasteiger partial charge in [0.15, 0.2) is 0 Å². The summed E-state index contributed by atoms with van der Waals surface area (Å²) in [6.07, 6.45) is 5.41. The van der Waals surface area contributed by atoms with Crippen LogP contribution in [0.1, 0.15) is 46.0 Å². The van der Waals surface area contributed by atoms with E-state index in [2.05, 4.69) is 27.0 Å². The first-order chi connectivity index (χ1) is 7.46. The molecule has 90 valence electrons. The third-order valence-electron chi connectivity index (χ3n) is 5.09. The highest BCUT2D eigenvalue weighted by molar-refractivity contribution is 5.22. The molecule has 2 aliphatic rings. The summed E-state index contributed by atoms with van der Waals surface area (Å²) in [5.41, 5.74) is 2.51.